The summed E-state index contributed by atoms with van der Waals surface area (Å²) in [6.07, 6.45) is -0.123. The fourth-order valence-electron chi connectivity index (χ4n) is 2.66. The number of amides is 4. The van der Waals surface area contributed by atoms with Crippen LogP contribution in [0.2, 0.25) is 0 Å². The van der Waals surface area contributed by atoms with Gasteiger partial charge < -0.3 is 0 Å². The van der Waals surface area contributed by atoms with E-state index in [9.17, 15) is 23.6 Å². The van der Waals surface area contributed by atoms with Gasteiger partial charge in [0, 0.05) is 17.5 Å². The Bertz CT molecular complexity index is 686. The Hall–Kier alpha value is -2.57. The van der Waals surface area contributed by atoms with Crippen molar-refractivity contribution in [1.29, 1.82) is 0 Å². The Labute approximate surface area is 118 Å². The van der Waals surface area contributed by atoms with E-state index in [1.165, 1.54) is 18.2 Å². The number of nitrogens with one attached hydrogen (secondary N) is 1. The van der Waals surface area contributed by atoms with Crippen molar-refractivity contribution in [3.8, 4) is 0 Å². The van der Waals surface area contributed by atoms with Gasteiger partial charge in [-0.1, -0.05) is 6.07 Å². The monoisotopic (exact) mass is 290 g/mol. The molecule has 0 radical (unpaired) electrons. The Kier molecular flexibility index (Phi) is 3.04. The Balaban J connectivity index is 1.98. The van der Waals surface area contributed by atoms with Crippen molar-refractivity contribution in [1.82, 2.24) is 10.2 Å². The third-order valence-electron chi connectivity index (χ3n) is 3.69. The third-order valence-corrected chi connectivity index (χ3v) is 3.69. The molecule has 3 rings (SSSR count). The molecule has 21 heavy (non-hydrogen) atoms. The van der Waals surface area contributed by atoms with E-state index in [2.05, 4.69) is 5.32 Å². The Morgan fingerprint density at radius 3 is 2.67 bits per heavy atom. The van der Waals surface area contributed by atoms with E-state index in [1.54, 1.807) is 0 Å². The lowest BCUT2D eigenvalue weighted by Gasteiger charge is -2.34. The Morgan fingerprint density at radius 2 is 1.95 bits per heavy atom. The van der Waals surface area contributed by atoms with Crippen molar-refractivity contribution in [3.63, 3.8) is 0 Å². The first-order valence-electron chi connectivity index (χ1n) is 6.46. The lowest BCUT2D eigenvalue weighted by Crippen LogP contribution is -2.58. The molecule has 1 saturated heterocycles. The molecule has 2 aliphatic heterocycles. The minimum absolute atomic E-state index is 0.0519. The number of hydrogen-bond donors (Lipinski definition) is 1. The van der Waals surface area contributed by atoms with Crippen molar-refractivity contribution in [2.24, 2.45) is 0 Å². The van der Waals surface area contributed by atoms with Gasteiger partial charge in [-0.25, -0.2) is 4.39 Å². The van der Waals surface area contributed by atoms with Crippen molar-refractivity contribution >= 4 is 23.6 Å². The van der Waals surface area contributed by atoms with E-state index >= 15 is 0 Å². The van der Waals surface area contributed by atoms with Gasteiger partial charge in [0.25, 0.3) is 5.91 Å². The molecule has 1 atom stereocenters. The highest BCUT2D eigenvalue weighted by Gasteiger charge is 2.42. The van der Waals surface area contributed by atoms with Crippen molar-refractivity contribution < 1.29 is 23.6 Å². The Morgan fingerprint density at radius 1 is 1.19 bits per heavy atom. The molecule has 1 fully saturated rings. The van der Waals surface area contributed by atoms with E-state index in [0.29, 0.717) is 0 Å². The number of rotatable bonds is 1. The standard InChI is InChI=1S/C14H11FN2O4/c15-9-3-1-2-7-8(9)6-12(19)17(14(7)21)10-4-5-11(18)16-13(10)20/h1-3,10H,4-6H2,(H,16,18,20). The predicted molar refractivity (Wildman–Crippen MR) is 67.5 cm³/mol. The largest absolute Gasteiger partial charge is 0.295 e. The summed E-state index contributed by atoms with van der Waals surface area (Å²) in [5.41, 5.74) is 0.135. The van der Waals surface area contributed by atoms with Gasteiger partial charge >= 0.3 is 0 Å². The highest BCUT2D eigenvalue weighted by molar-refractivity contribution is 6.13. The molecular weight excluding hydrogens is 279 g/mol. The van der Waals surface area contributed by atoms with E-state index in [0.717, 1.165) is 4.90 Å². The van der Waals surface area contributed by atoms with Gasteiger partial charge in [-0.15, -0.1) is 0 Å². The molecule has 1 aromatic rings. The molecule has 108 valence electrons. The number of carbonyl (C=O) groups excluding carboxylic acids is 4. The molecule has 2 heterocycles. The van der Waals surface area contributed by atoms with Gasteiger partial charge in [0.05, 0.1) is 6.42 Å². The number of fused-ring (bicyclic) bond motifs is 1. The second-order valence-corrected chi connectivity index (χ2v) is 4.98. The van der Waals surface area contributed by atoms with Crippen molar-refractivity contribution in [3.05, 3.63) is 35.1 Å². The van der Waals surface area contributed by atoms with Crippen molar-refractivity contribution in [2.45, 2.75) is 25.3 Å². The normalized spacial score (nSPS) is 22.1. The molecule has 0 saturated carbocycles. The van der Waals surface area contributed by atoms with Crippen LogP contribution in [0.15, 0.2) is 18.2 Å². The smallest absolute Gasteiger partial charge is 0.261 e. The average molecular weight is 290 g/mol. The topological polar surface area (TPSA) is 83.6 Å². The number of benzene rings is 1. The van der Waals surface area contributed by atoms with E-state index < -0.39 is 35.5 Å². The summed E-state index contributed by atoms with van der Waals surface area (Å²) in [7, 11) is 0. The number of halogens is 1. The lowest BCUT2D eigenvalue weighted by molar-refractivity contribution is -0.143. The van der Waals surface area contributed by atoms with Gasteiger partial charge in [-0.05, 0) is 18.6 Å². The van der Waals surface area contributed by atoms with Gasteiger partial charge in [0.15, 0.2) is 0 Å². The molecule has 7 heteroatoms. The summed E-state index contributed by atoms with van der Waals surface area (Å²) in [4.78, 5) is 48.3. The highest BCUT2D eigenvalue weighted by atomic mass is 19.1. The summed E-state index contributed by atoms with van der Waals surface area (Å²) in [6, 6.07) is 2.97. The summed E-state index contributed by atoms with van der Waals surface area (Å²) >= 11 is 0. The SMILES string of the molecule is O=C1CCC(N2C(=O)Cc3c(F)cccc3C2=O)C(=O)N1. The highest BCUT2D eigenvalue weighted by Crippen LogP contribution is 2.26. The van der Waals surface area contributed by atoms with Crippen LogP contribution in [0.25, 0.3) is 0 Å². The van der Waals surface area contributed by atoms with Gasteiger partial charge in [-0.2, -0.15) is 0 Å². The van der Waals surface area contributed by atoms with Gasteiger partial charge in [0.1, 0.15) is 11.9 Å². The van der Waals surface area contributed by atoms with Crippen LogP contribution in [-0.4, -0.2) is 34.6 Å². The van der Waals surface area contributed by atoms with Crippen LogP contribution in [0.4, 0.5) is 4.39 Å². The maximum absolute atomic E-state index is 13.7. The average Bonchev–Trinajstić information content (AvgIpc) is 2.42. The first-order valence-corrected chi connectivity index (χ1v) is 6.46. The van der Waals surface area contributed by atoms with Crippen LogP contribution in [0.3, 0.4) is 0 Å². The minimum Gasteiger partial charge on any atom is -0.295 e. The molecule has 0 bridgehead atoms. The summed E-state index contributed by atoms with van der Waals surface area (Å²) in [5, 5.41) is 2.11. The molecule has 0 aromatic heterocycles. The van der Waals surface area contributed by atoms with Crippen molar-refractivity contribution in [2.75, 3.05) is 0 Å². The molecule has 1 aromatic carbocycles. The maximum Gasteiger partial charge on any atom is 0.261 e. The zero-order chi connectivity index (χ0) is 15.1. The van der Waals surface area contributed by atoms with E-state index in [-0.39, 0.29) is 30.4 Å². The fraction of sp³-hybridized carbons (Fsp3) is 0.286. The summed E-state index contributed by atoms with van der Waals surface area (Å²) in [6.45, 7) is 0. The molecule has 4 amide bonds. The van der Waals surface area contributed by atoms with Crippen LogP contribution in [0.1, 0.15) is 28.8 Å². The number of hydrogen-bond acceptors (Lipinski definition) is 4. The number of piperidine rings is 1. The minimum atomic E-state index is -1.01. The quantitative estimate of drug-likeness (QED) is 0.747. The van der Waals surface area contributed by atoms with Gasteiger partial charge in [-0.3, -0.25) is 29.4 Å². The first kappa shape index (κ1) is 13.4. The van der Waals surface area contributed by atoms with E-state index in [1.807, 2.05) is 0 Å². The molecule has 2 aliphatic rings. The zero-order valence-electron chi connectivity index (χ0n) is 10.9. The summed E-state index contributed by atoms with van der Waals surface area (Å²) in [5.74, 6) is -3.05. The number of nitrogens with zero attached hydrogens (tertiary/aromatic N) is 1. The second-order valence-electron chi connectivity index (χ2n) is 4.98. The van der Waals surface area contributed by atoms with Crippen LogP contribution >= 0.6 is 0 Å². The van der Waals surface area contributed by atoms with Crippen LogP contribution in [-0.2, 0) is 20.8 Å². The number of imide groups is 2. The zero-order valence-corrected chi connectivity index (χ0v) is 10.9. The number of carbonyl (C=O) groups is 4. The predicted octanol–water partition coefficient (Wildman–Crippen LogP) is 0.156. The maximum atomic E-state index is 13.7. The van der Waals surface area contributed by atoms with Gasteiger partial charge in [0.2, 0.25) is 17.7 Å². The van der Waals surface area contributed by atoms with Crippen LogP contribution < -0.4 is 5.32 Å². The fourth-order valence-corrected chi connectivity index (χ4v) is 2.66. The lowest BCUT2D eigenvalue weighted by atomic mass is 9.94. The van der Waals surface area contributed by atoms with Crippen LogP contribution in [0, 0.1) is 5.82 Å². The molecular formula is C14H11FN2O4. The second kappa shape index (κ2) is 4.76. The molecule has 1 N–H and O–H groups in total. The van der Waals surface area contributed by atoms with E-state index in [4.69, 9.17) is 0 Å². The molecule has 0 spiro atoms. The molecule has 0 aliphatic carbocycles. The third kappa shape index (κ3) is 2.10. The summed E-state index contributed by atoms with van der Waals surface area (Å²) < 4.78 is 13.7. The molecule has 1 unspecified atom stereocenters. The van der Waals surface area contributed by atoms with Crippen LogP contribution in [0.5, 0.6) is 0 Å². The first-order chi connectivity index (χ1) is 9.99. The molecule has 6 nitrogen and oxygen atoms in total.